The van der Waals surface area contributed by atoms with Crippen LogP contribution in [0.4, 0.5) is 0 Å². The maximum Gasteiger partial charge on any atom is 0.356 e. The molecule has 1 heterocycles. The molecule has 0 bridgehead atoms. The van der Waals surface area contributed by atoms with E-state index in [-0.39, 0.29) is 12.2 Å². The number of esters is 1. The van der Waals surface area contributed by atoms with Crippen LogP contribution in [-0.4, -0.2) is 10.5 Å². The van der Waals surface area contributed by atoms with E-state index in [0.717, 1.165) is 39.4 Å². The van der Waals surface area contributed by atoms with E-state index in [2.05, 4.69) is 15.9 Å². The van der Waals surface area contributed by atoms with Gasteiger partial charge in [0.05, 0.1) is 0 Å². The van der Waals surface area contributed by atoms with Crippen LogP contribution in [-0.2, 0) is 17.9 Å². The summed E-state index contributed by atoms with van der Waals surface area (Å²) in [5.74, 6) is -0.0962. The lowest BCUT2D eigenvalue weighted by molar-refractivity contribution is 0.0457. The number of hydrogen-bond donors (Lipinski definition) is 0. The zero-order valence-corrected chi connectivity index (χ0v) is 21.2. The van der Waals surface area contributed by atoms with Crippen LogP contribution in [0.1, 0.15) is 48.2 Å². The van der Waals surface area contributed by atoms with Crippen molar-refractivity contribution in [3.8, 4) is 11.1 Å². The van der Waals surface area contributed by atoms with E-state index in [4.69, 9.17) is 4.74 Å². The standard InChI is InChI=1S/C30H28BrNO3/c31-24-16-17-25-26(18-24)27(23-14-8-3-9-15-23)28(30(34)35-20-22-12-6-2-7-13-22)32(29(25)33)19-21-10-4-1-5-11-21/h2-3,6-9,12-18,21H,1,4-5,10-11,19-20H2. The summed E-state index contributed by atoms with van der Waals surface area (Å²) in [6, 6.07) is 25.1. The molecule has 1 aromatic heterocycles. The number of benzene rings is 3. The summed E-state index contributed by atoms with van der Waals surface area (Å²) in [5, 5.41) is 1.37. The predicted molar refractivity (Wildman–Crippen MR) is 143 cm³/mol. The van der Waals surface area contributed by atoms with Gasteiger partial charge in [0, 0.05) is 22.0 Å². The molecule has 5 heteroatoms. The largest absolute Gasteiger partial charge is 0.456 e. The number of nitrogens with zero attached hydrogens (tertiary/aromatic N) is 1. The Morgan fingerprint density at radius 1 is 0.886 bits per heavy atom. The van der Waals surface area contributed by atoms with Gasteiger partial charge in [0.15, 0.2) is 0 Å². The van der Waals surface area contributed by atoms with Gasteiger partial charge in [-0.1, -0.05) is 95.9 Å². The Morgan fingerprint density at radius 2 is 1.57 bits per heavy atom. The average molecular weight is 530 g/mol. The zero-order chi connectivity index (χ0) is 24.2. The quantitative estimate of drug-likeness (QED) is 0.245. The van der Waals surface area contributed by atoms with Gasteiger partial charge in [0.2, 0.25) is 0 Å². The fraction of sp³-hybridized carbons (Fsp3) is 0.267. The van der Waals surface area contributed by atoms with Crippen LogP contribution in [0.3, 0.4) is 0 Å². The minimum absolute atomic E-state index is 0.135. The topological polar surface area (TPSA) is 48.3 Å². The fourth-order valence-electron chi connectivity index (χ4n) is 5.12. The predicted octanol–water partition coefficient (Wildman–Crippen LogP) is 7.37. The first-order valence-corrected chi connectivity index (χ1v) is 13.0. The summed E-state index contributed by atoms with van der Waals surface area (Å²) < 4.78 is 8.38. The number of hydrogen-bond acceptors (Lipinski definition) is 3. The average Bonchev–Trinajstić information content (AvgIpc) is 2.90. The molecule has 1 fully saturated rings. The first kappa shape index (κ1) is 23.6. The maximum absolute atomic E-state index is 13.8. The zero-order valence-electron chi connectivity index (χ0n) is 19.6. The van der Waals surface area contributed by atoms with Crippen molar-refractivity contribution in [1.29, 1.82) is 0 Å². The first-order valence-electron chi connectivity index (χ1n) is 12.2. The molecule has 0 atom stereocenters. The summed E-state index contributed by atoms with van der Waals surface area (Å²) >= 11 is 3.56. The molecule has 1 saturated carbocycles. The van der Waals surface area contributed by atoms with Crippen molar-refractivity contribution in [2.45, 2.75) is 45.3 Å². The van der Waals surface area contributed by atoms with E-state index in [9.17, 15) is 9.59 Å². The van der Waals surface area contributed by atoms with Crippen molar-refractivity contribution < 1.29 is 9.53 Å². The monoisotopic (exact) mass is 529 g/mol. The van der Waals surface area contributed by atoms with Crippen molar-refractivity contribution in [1.82, 2.24) is 4.57 Å². The molecule has 0 radical (unpaired) electrons. The molecule has 0 saturated heterocycles. The third kappa shape index (κ3) is 5.10. The van der Waals surface area contributed by atoms with Gasteiger partial charge in [0.1, 0.15) is 12.3 Å². The van der Waals surface area contributed by atoms with Crippen LogP contribution < -0.4 is 5.56 Å². The van der Waals surface area contributed by atoms with Crippen molar-refractivity contribution in [2.24, 2.45) is 5.92 Å². The van der Waals surface area contributed by atoms with Crippen molar-refractivity contribution >= 4 is 32.7 Å². The minimum atomic E-state index is -0.470. The van der Waals surface area contributed by atoms with Crippen LogP contribution in [0.2, 0.25) is 0 Å². The number of aromatic nitrogens is 1. The molecule has 0 spiro atoms. The van der Waals surface area contributed by atoms with E-state index in [1.54, 1.807) is 4.57 Å². The Kier molecular flexibility index (Phi) is 7.14. The van der Waals surface area contributed by atoms with Crippen molar-refractivity contribution in [2.75, 3.05) is 0 Å². The molecule has 178 valence electrons. The van der Waals surface area contributed by atoms with Crippen LogP contribution >= 0.6 is 15.9 Å². The van der Waals surface area contributed by atoms with Crippen LogP contribution in [0, 0.1) is 5.92 Å². The lowest BCUT2D eigenvalue weighted by atomic mass is 9.88. The molecule has 5 rings (SSSR count). The highest BCUT2D eigenvalue weighted by Gasteiger charge is 2.27. The van der Waals surface area contributed by atoms with Crippen molar-refractivity contribution in [3.05, 3.63) is 105 Å². The van der Waals surface area contributed by atoms with E-state index < -0.39 is 5.97 Å². The number of halogens is 1. The minimum Gasteiger partial charge on any atom is -0.456 e. The Bertz CT molecular complexity index is 1390. The van der Waals surface area contributed by atoms with Crippen molar-refractivity contribution in [3.63, 3.8) is 0 Å². The number of carbonyl (C=O) groups excluding carboxylic acids is 1. The molecular weight excluding hydrogens is 502 g/mol. The number of rotatable bonds is 6. The van der Waals surface area contributed by atoms with E-state index >= 15 is 0 Å². The van der Waals surface area contributed by atoms with Gasteiger partial charge < -0.3 is 9.30 Å². The van der Waals surface area contributed by atoms with Crippen LogP contribution in [0.15, 0.2) is 88.1 Å². The lowest BCUT2D eigenvalue weighted by Crippen LogP contribution is -2.31. The second-order valence-electron chi connectivity index (χ2n) is 9.26. The maximum atomic E-state index is 13.8. The molecular formula is C30H28BrNO3. The molecule has 1 aliphatic carbocycles. The first-order chi connectivity index (χ1) is 17.1. The van der Waals surface area contributed by atoms with Gasteiger partial charge in [-0.05, 0) is 53.5 Å². The summed E-state index contributed by atoms with van der Waals surface area (Å²) in [4.78, 5) is 27.6. The number of carbonyl (C=O) groups is 1. The summed E-state index contributed by atoms with van der Waals surface area (Å²) in [6.45, 7) is 0.683. The fourth-order valence-corrected chi connectivity index (χ4v) is 5.48. The number of pyridine rings is 1. The van der Waals surface area contributed by atoms with E-state index in [1.165, 1.54) is 19.3 Å². The van der Waals surface area contributed by atoms with Crippen LogP contribution in [0.5, 0.6) is 0 Å². The van der Waals surface area contributed by atoms with E-state index in [1.807, 2.05) is 78.9 Å². The van der Waals surface area contributed by atoms with Gasteiger partial charge >= 0.3 is 5.97 Å². The highest BCUT2D eigenvalue weighted by Crippen LogP contribution is 2.34. The summed E-state index contributed by atoms with van der Waals surface area (Å²) in [5.41, 5.74) is 2.75. The molecule has 4 aromatic rings. The third-order valence-electron chi connectivity index (χ3n) is 6.87. The molecule has 3 aromatic carbocycles. The van der Waals surface area contributed by atoms with Gasteiger partial charge in [-0.25, -0.2) is 4.79 Å². The Morgan fingerprint density at radius 3 is 2.29 bits per heavy atom. The molecule has 1 aliphatic rings. The molecule has 35 heavy (non-hydrogen) atoms. The smallest absolute Gasteiger partial charge is 0.356 e. The molecule has 0 amide bonds. The number of ether oxygens (including phenoxy) is 1. The summed E-state index contributed by atoms with van der Waals surface area (Å²) in [6.07, 6.45) is 5.71. The molecule has 4 nitrogen and oxygen atoms in total. The second-order valence-corrected chi connectivity index (χ2v) is 10.2. The van der Waals surface area contributed by atoms with E-state index in [0.29, 0.717) is 23.5 Å². The number of fused-ring (bicyclic) bond motifs is 1. The normalized spacial score (nSPS) is 14.2. The summed E-state index contributed by atoms with van der Waals surface area (Å²) in [7, 11) is 0. The highest BCUT2D eigenvalue weighted by atomic mass is 79.9. The third-order valence-corrected chi connectivity index (χ3v) is 7.36. The molecule has 0 unspecified atom stereocenters. The SMILES string of the molecule is O=C(OCc1ccccc1)c1c(-c2ccccc2)c2cc(Br)ccc2c(=O)n1CC1CCCCC1. The molecule has 0 N–H and O–H groups in total. The Labute approximate surface area is 213 Å². The Hall–Kier alpha value is -3.18. The van der Waals surface area contributed by atoms with Gasteiger partial charge in [-0.2, -0.15) is 0 Å². The van der Waals surface area contributed by atoms with Gasteiger partial charge in [-0.3, -0.25) is 4.79 Å². The lowest BCUT2D eigenvalue weighted by Gasteiger charge is -2.25. The van der Waals surface area contributed by atoms with Gasteiger partial charge in [-0.15, -0.1) is 0 Å². The highest BCUT2D eigenvalue weighted by molar-refractivity contribution is 9.10. The second kappa shape index (κ2) is 10.6. The Balaban J connectivity index is 1.70. The van der Waals surface area contributed by atoms with Gasteiger partial charge in [0.25, 0.3) is 5.56 Å². The van der Waals surface area contributed by atoms with Crippen LogP contribution in [0.25, 0.3) is 21.9 Å². The molecule has 0 aliphatic heterocycles.